The van der Waals surface area contributed by atoms with Crippen molar-refractivity contribution in [3.05, 3.63) is 107 Å². The predicted octanol–water partition coefficient (Wildman–Crippen LogP) is 7.97. The summed E-state index contributed by atoms with van der Waals surface area (Å²) in [5.41, 5.74) is 18.2. The second kappa shape index (κ2) is 19.8. The van der Waals surface area contributed by atoms with Crippen molar-refractivity contribution in [2.24, 2.45) is 11.8 Å². The molecule has 6 heterocycles. The molecule has 4 saturated heterocycles. The molecule has 0 spiro atoms. The Labute approximate surface area is 468 Å². The number of nitrogens with zero attached hydrogens (tertiary/aromatic N) is 4. The first-order valence-electron chi connectivity index (χ1n) is 29.9. The number of esters is 2. The number of hydrogen-bond donors (Lipinski definition) is 4. The summed E-state index contributed by atoms with van der Waals surface area (Å²) in [5.74, 6) is 0.135. The zero-order chi connectivity index (χ0) is 54.5. The van der Waals surface area contributed by atoms with Crippen LogP contribution in [0.25, 0.3) is 22.3 Å². The molecule has 420 valence electrons. The van der Waals surface area contributed by atoms with Crippen LogP contribution >= 0.6 is 0 Å². The maximum absolute atomic E-state index is 14.0. The maximum Gasteiger partial charge on any atom is 0.331 e. The third-order valence-electron chi connectivity index (χ3n) is 21.8. The van der Waals surface area contributed by atoms with Crippen LogP contribution in [0.3, 0.4) is 0 Å². The lowest BCUT2D eigenvalue weighted by molar-refractivity contribution is -0.169. The summed E-state index contributed by atoms with van der Waals surface area (Å²) in [4.78, 5) is 68.9. The van der Waals surface area contributed by atoms with Crippen LogP contribution in [0.1, 0.15) is 147 Å². The molecule has 16 nitrogen and oxygen atoms in total. The highest BCUT2D eigenvalue weighted by atomic mass is 16.6. The van der Waals surface area contributed by atoms with Gasteiger partial charge in [0.05, 0.1) is 11.1 Å². The number of rotatable bonds is 14. The van der Waals surface area contributed by atoms with E-state index in [1.807, 2.05) is 12.1 Å². The fourth-order valence-electron chi connectivity index (χ4n) is 16.4. The molecule has 0 radical (unpaired) electrons. The Balaban J connectivity index is 0.535. The number of benzene rings is 2. The zero-order valence-electron chi connectivity index (χ0n) is 46.0. The van der Waals surface area contributed by atoms with Gasteiger partial charge in [0.2, 0.25) is 0 Å². The second-order valence-electron chi connectivity index (χ2n) is 26.1. The minimum atomic E-state index is -0.665. The minimum Gasteiger partial charge on any atom is -0.456 e. The fraction of sp³-hybridized carbons (Fsp3) is 0.562. The molecule has 8 saturated carbocycles. The molecule has 16 heteroatoms. The van der Waals surface area contributed by atoms with Gasteiger partial charge in [-0.15, -0.1) is 0 Å². The van der Waals surface area contributed by atoms with Gasteiger partial charge in [-0.25, -0.2) is 19.6 Å². The number of ether oxygens (including phenoxy) is 4. The zero-order valence-corrected chi connectivity index (χ0v) is 46.0. The largest absolute Gasteiger partial charge is 0.456 e. The normalized spacial score (nSPS) is 33.7. The van der Waals surface area contributed by atoms with Crippen molar-refractivity contribution < 1.29 is 38.1 Å². The molecule has 2 aromatic heterocycles. The van der Waals surface area contributed by atoms with Crippen molar-refractivity contribution in [1.82, 2.24) is 30.4 Å². The lowest BCUT2D eigenvalue weighted by Gasteiger charge is -2.52. The van der Waals surface area contributed by atoms with Crippen LogP contribution in [0.4, 0.5) is 11.6 Å². The van der Waals surface area contributed by atoms with Gasteiger partial charge < -0.3 is 41.0 Å². The quantitative estimate of drug-likeness (QED) is 0.0697. The minimum absolute atomic E-state index is 0.188. The second-order valence-corrected chi connectivity index (χ2v) is 26.1. The van der Waals surface area contributed by atoms with Crippen molar-refractivity contribution in [3.8, 4) is 22.3 Å². The van der Waals surface area contributed by atoms with Gasteiger partial charge in [0.15, 0.2) is 0 Å². The van der Waals surface area contributed by atoms with Gasteiger partial charge >= 0.3 is 11.9 Å². The highest BCUT2D eigenvalue weighted by Crippen LogP contribution is 2.61. The lowest BCUT2D eigenvalue weighted by Crippen LogP contribution is -2.59. The number of nitrogens with two attached hydrogens (primary N) is 2. The van der Waals surface area contributed by atoms with Crippen molar-refractivity contribution >= 4 is 35.4 Å². The number of carbonyl (C=O) groups is 4. The molecule has 2 amide bonds. The summed E-state index contributed by atoms with van der Waals surface area (Å²) in [6.45, 7) is 8.03. The van der Waals surface area contributed by atoms with Gasteiger partial charge in [-0.1, -0.05) is 48.5 Å². The van der Waals surface area contributed by atoms with E-state index in [9.17, 15) is 19.2 Å². The Kier molecular flexibility index (Phi) is 12.8. The average Bonchev–Trinajstić information content (AvgIpc) is 4.48. The molecular formula is C64H76N8O8. The smallest absolute Gasteiger partial charge is 0.331 e. The van der Waals surface area contributed by atoms with Crippen LogP contribution < -0.4 is 22.1 Å². The molecular weight excluding hydrogens is 1010 g/mol. The third kappa shape index (κ3) is 9.48. The van der Waals surface area contributed by atoms with Gasteiger partial charge in [-0.05, 0) is 162 Å². The van der Waals surface area contributed by atoms with Crippen molar-refractivity contribution in [2.45, 2.75) is 161 Å². The molecule has 80 heavy (non-hydrogen) atoms. The Morgan fingerprint density at radius 1 is 0.525 bits per heavy atom. The molecule has 8 aliphatic carbocycles. The van der Waals surface area contributed by atoms with E-state index in [4.69, 9.17) is 30.4 Å². The number of hydrogen-bond acceptors (Lipinski definition) is 14. The number of nitrogen functional groups attached to an aromatic ring is 2. The summed E-state index contributed by atoms with van der Waals surface area (Å²) in [7, 11) is 0. The fourth-order valence-corrected chi connectivity index (χ4v) is 16.4. The third-order valence-corrected chi connectivity index (χ3v) is 21.8. The average molecular weight is 1090 g/mol. The Morgan fingerprint density at radius 3 is 1.25 bits per heavy atom. The van der Waals surface area contributed by atoms with Crippen LogP contribution in [-0.2, 0) is 39.4 Å². The molecule has 0 unspecified atom stereocenters. The van der Waals surface area contributed by atoms with E-state index in [0.29, 0.717) is 112 Å². The van der Waals surface area contributed by atoms with E-state index in [-0.39, 0.29) is 34.3 Å². The summed E-state index contributed by atoms with van der Waals surface area (Å²) in [6, 6.07) is 22.6. The first-order chi connectivity index (χ1) is 38.7. The van der Waals surface area contributed by atoms with E-state index >= 15 is 0 Å². The van der Waals surface area contributed by atoms with Gasteiger partial charge in [-0.3, -0.25) is 19.4 Å². The number of likely N-dealkylation sites (tertiary alicyclic amines) is 2. The first kappa shape index (κ1) is 51.9. The van der Waals surface area contributed by atoms with Crippen LogP contribution in [0.2, 0.25) is 0 Å². The van der Waals surface area contributed by atoms with Crippen LogP contribution in [-0.4, -0.2) is 130 Å². The number of pyridine rings is 2. The van der Waals surface area contributed by atoms with Crippen LogP contribution in [0, 0.1) is 11.8 Å². The molecule has 12 fully saturated rings. The van der Waals surface area contributed by atoms with Crippen molar-refractivity contribution in [1.29, 1.82) is 0 Å². The van der Waals surface area contributed by atoms with E-state index in [2.05, 4.69) is 78.9 Å². The van der Waals surface area contributed by atoms with E-state index in [1.165, 1.54) is 49.2 Å². The highest BCUT2D eigenvalue weighted by Gasteiger charge is 2.62. The van der Waals surface area contributed by atoms with E-state index in [1.54, 1.807) is 12.4 Å². The molecule has 4 bridgehead atoms. The van der Waals surface area contributed by atoms with Gasteiger partial charge in [0.1, 0.15) is 22.8 Å². The number of fused-ring (bicyclic) bond motifs is 8. The van der Waals surface area contributed by atoms with Crippen molar-refractivity contribution in [3.63, 3.8) is 0 Å². The molecule has 16 rings (SSSR count). The standard InChI is InChI=1S/C64H76N8O8/c65-55-51(31-43(35-67-55)41-1-5-45(6-2-41)63-33-47(63)37-71(39-63)49-11-27-77-28-12-49)57(75)69-59-15-21-61(22-16-59,23-17-59)79-53(73)9-10-54(74)80-62-24-18-60(19-25-62,20-26-62)70-58(76)52-32-44(36-68-56(52)66)42-3-7-46(8-4-42)64-34-48(64)38-72(40-64)50-13-29-78-30-14-50/h1-10,31-32,35-36,47-50H,11-30,33-34,37-40H2,(H2,65,67)(H2,66,68)(H,69,75)(H,70,76)/b10-9+/t47-,48-,59?,60?,61?,62?,63+,64+/m1/s1. The van der Waals surface area contributed by atoms with Crippen LogP contribution in [0.15, 0.2) is 85.2 Å². The number of aromatic nitrogens is 2. The molecule has 12 aliphatic rings. The van der Waals surface area contributed by atoms with Crippen LogP contribution in [0.5, 0.6) is 0 Å². The molecule has 4 aromatic rings. The maximum atomic E-state index is 14.0. The van der Waals surface area contributed by atoms with Gasteiger partial charge in [-0.2, -0.15) is 0 Å². The van der Waals surface area contributed by atoms with Gasteiger partial charge in [0, 0.05) is 122 Å². The number of anilines is 2. The van der Waals surface area contributed by atoms with E-state index < -0.39 is 34.2 Å². The molecule has 2 aromatic carbocycles. The summed E-state index contributed by atoms with van der Waals surface area (Å²) in [6.07, 6.45) is 20.2. The predicted molar refractivity (Wildman–Crippen MR) is 301 cm³/mol. The topological polar surface area (TPSA) is 214 Å². The van der Waals surface area contributed by atoms with Crippen molar-refractivity contribution in [2.75, 3.05) is 64.1 Å². The summed E-state index contributed by atoms with van der Waals surface area (Å²) < 4.78 is 23.5. The Hall–Kier alpha value is -6.20. The highest BCUT2D eigenvalue weighted by molar-refractivity contribution is 6.01. The Morgan fingerprint density at radius 2 is 0.887 bits per heavy atom. The summed E-state index contributed by atoms with van der Waals surface area (Å²) in [5, 5.41) is 6.67. The SMILES string of the molecule is Nc1ncc(-c2ccc([C@@]34C[C@@H]3CN(C3CCOCC3)C4)cc2)cc1C(=O)NC12CCC(OC(=O)/C=C/C(=O)OC34CCC(NC(=O)c5cc(-c6ccc([C@@]78C[C@@H]7CN(C7CCOCC7)C8)cc6)cnc5N)(CC3)CC4)(CC1)CC2. The number of nitrogens with one attached hydrogen (secondary N) is 2. The Bertz CT molecular complexity index is 2880. The number of piperidine rings is 2. The molecule has 6 N–H and O–H groups in total. The first-order valence-corrected chi connectivity index (χ1v) is 29.9. The summed E-state index contributed by atoms with van der Waals surface area (Å²) >= 11 is 0. The number of amides is 2. The molecule has 4 aliphatic heterocycles. The van der Waals surface area contributed by atoms with Gasteiger partial charge in [0.25, 0.3) is 11.8 Å². The number of carbonyl (C=O) groups excluding carboxylic acids is 4. The molecule has 4 atom stereocenters. The van der Waals surface area contributed by atoms with E-state index in [0.717, 1.165) is 87.5 Å². The monoisotopic (exact) mass is 1080 g/mol. The lowest BCUT2D eigenvalue weighted by atomic mass is 9.63.